The van der Waals surface area contributed by atoms with Crippen LogP contribution in [0.2, 0.25) is 0 Å². The molecule has 1 aromatic heterocycles. The van der Waals surface area contributed by atoms with Crippen molar-refractivity contribution in [3.05, 3.63) is 42.7 Å². The van der Waals surface area contributed by atoms with Crippen molar-refractivity contribution in [3.63, 3.8) is 0 Å². The van der Waals surface area contributed by atoms with Gasteiger partial charge in [-0.2, -0.15) is 0 Å². The number of anilines is 2. The van der Waals surface area contributed by atoms with Gasteiger partial charge < -0.3 is 5.32 Å². The zero-order valence-electron chi connectivity index (χ0n) is 11.0. The molecule has 0 unspecified atom stereocenters. The molecule has 0 fully saturated rings. The molecule has 0 amide bonds. The molecule has 0 radical (unpaired) electrons. The lowest BCUT2D eigenvalue weighted by Crippen LogP contribution is -2.25. The molecule has 0 bridgehead atoms. The average molecular weight is 253 g/mol. The van der Waals surface area contributed by atoms with Crippen molar-refractivity contribution in [2.24, 2.45) is 0 Å². The van der Waals surface area contributed by atoms with E-state index < -0.39 is 0 Å². The topological polar surface area (TPSA) is 53.1 Å². The second-order valence-electron chi connectivity index (χ2n) is 4.39. The third-order valence-electron chi connectivity index (χ3n) is 3.29. The number of nitrogens with zero attached hydrogens (tertiary/aromatic N) is 3. The molecular formula is C14H15N5. The van der Waals surface area contributed by atoms with Gasteiger partial charge in [0.1, 0.15) is 5.69 Å². The molecule has 0 aliphatic carbocycles. The molecule has 0 atom stereocenters. The van der Waals surface area contributed by atoms with Crippen molar-refractivity contribution in [2.75, 3.05) is 17.4 Å². The van der Waals surface area contributed by atoms with Crippen LogP contribution in [0.25, 0.3) is 16.7 Å². The fourth-order valence-electron chi connectivity index (χ4n) is 2.27. The smallest absolute Gasteiger partial charge is 0.180 e. The molecule has 96 valence electrons. The standard InChI is InChI=1S/C14H15N5/c1-5-19-14-13(9(3)18-19)16-11-7-6-10(15-4)8(2)12(11)17-14/h5-7,15,18H,1,3H2,2,4H3. The van der Waals surface area contributed by atoms with Crippen molar-refractivity contribution >= 4 is 28.2 Å². The van der Waals surface area contributed by atoms with Crippen molar-refractivity contribution in [2.45, 2.75) is 6.92 Å². The van der Waals surface area contributed by atoms with E-state index in [1.165, 1.54) is 0 Å². The summed E-state index contributed by atoms with van der Waals surface area (Å²) in [7, 11) is 1.90. The Balaban J connectivity index is 2.32. The predicted molar refractivity (Wildman–Crippen MR) is 78.7 cm³/mol. The summed E-state index contributed by atoms with van der Waals surface area (Å²) in [6.45, 7) is 9.73. The fourth-order valence-corrected chi connectivity index (χ4v) is 2.27. The van der Waals surface area contributed by atoms with E-state index >= 15 is 0 Å². The number of benzene rings is 1. The van der Waals surface area contributed by atoms with Gasteiger partial charge in [0.15, 0.2) is 5.82 Å². The Morgan fingerprint density at radius 1 is 1.37 bits per heavy atom. The number of hydrazine groups is 1. The lowest BCUT2D eigenvalue weighted by Gasteiger charge is -2.13. The number of aryl methyl sites for hydroxylation is 1. The van der Waals surface area contributed by atoms with E-state index in [1.54, 1.807) is 11.2 Å². The van der Waals surface area contributed by atoms with Crippen LogP contribution in [0.3, 0.4) is 0 Å². The molecule has 2 N–H and O–H groups in total. The number of rotatable bonds is 2. The van der Waals surface area contributed by atoms with Crippen LogP contribution in [-0.2, 0) is 0 Å². The Bertz CT molecular complexity index is 705. The zero-order valence-corrected chi connectivity index (χ0v) is 11.0. The Morgan fingerprint density at radius 2 is 2.16 bits per heavy atom. The van der Waals surface area contributed by atoms with Gasteiger partial charge in [0.05, 0.1) is 16.7 Å². The van der Waals surface area contributed by atoms with Gasteiger partial charge in [-0.05, 0) is 19.1 Å². The quantitative estimate of drug-likeness (QED) is 0.861. The highest BCUT2D eigenvalue weighted by Crippen LogP contribution is 2.32. The normalized spacial score (nSPS) is 13.4. The molecule has 3 rings (SSSR count). The maximum Gasteiger partial charge on any atom is 0.180 e. The number of aromatic nitrogens is 2. The number of hydrogen-bond donors (Lipinski definition) is 2. The summed E-state index contributed by atoms with van der Waals surface area (Å²) < 4.78 is 0. The molecule has 1 aliphatic heterocycles. The van der Waals surface area contributed by atoms with Crippen LogP contribution < -0.4 is 15.8 Å². The number of fused-ring (bicyclic) bond motifs is 2. The first kappa shape index (κ1) is 11.5. The molecular weight excluding hydrogens is 238 g/mol. The summed E-state index contributed by atoms with van der Waals surface area (Å²) in [5, 5.41) is 4.89. The Labute approximate surface area is 111 Å². The molecule has 0 spiro atoms. The van der Waals surface area contributed by atoms with E-state index in [-0.39, 0.29) is 0 Å². The van der Waals surface area contributed by atoms with Gasteiger partial charge in [-0.3, -0.25) is 5.43 Å². The van der Waals surface area contributed by atoms with Crippen LogP contribution in [-0.4, -0.2) is 17.0 Å². The largest absolute Gasteiger partial charge is 0.388 e. The summed E-state index contributed by atoms with van der Waals surface area (Å²) >= 11 is 0. The van der Waals surface area contributed by atoms with E-state index in [0.717, 1.165) is 39.5 Å². The van der Waals surface area contributed by atoms with Crippen molar-refractivity contribution in [1.82, 2.24) is 15.4 Å². The Kier molecular flexibility index (Phi) is 2.41. The summed E-state index contributed by atoms with van der Waals surface area (Å²) in [5.41, 5.74) is 8.46. The van der Waals surface area contributed by atoms with Crippen molar-refractivity contribution in [1.29, 1.82) is 0 Å². The van der Waals surface area contributed by atoms with Crippen LogP contribution in [0.15, 0.2) is 31.5 Å². The van der Waals surface area contributed by atoms with Gasteiger partial charge >= 0.3 is 0 Å². The lowest BCUT2D eigenvalue weighted by atomic mass is 10.1. The van der Waals surface area contributed by atoms with Gasteiger partial charge in [0.25, 0.3) is 0 Å². The first-order chi connectivity index (χ1) is 9.15. The van der Waals surface area contributed by atoms with Crippen molar-refractivity contribution in [3.8, 4) is 0 Å². The van der Waals surface area contributed by atoms with E-state index in [0.29, 0.717) is 0 Å². The highest BCUT2D eigenvalue weighted by Gasteiger charge is 2.24. The third kappa shape index (κ3) is 1.55. The SMILES string of the molecule is C=CN1NC(=C)c2nc3ccc(NC)c(C)c3nc21. The first-order valence-electron chi connectivity index (χ1n) is 6.02. The molecule has 19 heavy (non-hydrogen) atoms. The fraction of sp³-hybridized carbons (Fsp3) is 0.143. The summed E-state index contributed by atoms with van der Waals surface area (Å²) in [6.07, 6.45) is 1.66. The molecule has 2 aromatic rings. The number of hydrogen-bond acceptors (Lipinski definition) is 5. The van der Waals surface area contributed by atoms with Gasteiger partial charge in [-0.15, -0.1) is 0 Å². The van der Waals surface area contributed by atoms with E-state index in [1.807, 2.05) is 26.1 Å². The molecule has 1 aromatic carbocycles. The predicted octanol–water partition coefficient (Wildman–Crippen LogP) is 2.42. The summed E-state index contributed by atoms with van der Waals surface area (Å²) in [5.74, 6) is 0.740. The van der Waals surface area contributed by atoms with E-state index in [9.17, 15) is 0 Å². The van der Waals surface area contributed by atoms with E-state index in [4.69, 9.17) is 4.98 Å². The second kappa shape index (κ2) is 3.98. The molecule has 0 saturated carbocycles. The molecule has 5 nitrogen and oxygen atoms in total. The maximum absolute atomic E-state index is 4.70. The monoisotopic (exact) mass is 253 g/mol. The van der Waals surface area contributed by atoms with Crippen LogP contribution in [0.5, 0.6) is 0 Å². The summed E-state index contributed by atoms with van der Waals surface area (Å²) in [6, 6.07) is 3.97. The minimum Gasteiger partial charge on any atom is -0.388 e. The Morgan fingerprint density at radius 3 is 2.84 bits per heavy atom. The minimum atomic E-state index is 0.736. The molecule has 5 heteroatoms. The highest BCUT2D eigenvalue weighted by molar-refractivity contribution is 5.89. The lowest BCUT2D eigenvalue weighted by molar-refractivity contribution is 0.928. The van der Waals surface area contributed by atoms with Gasteiger partial charge in [0, 0.05) is 24.5 Å². The maximum atomic E-state index is 4.70. The third-order valence-corrected chi connectivity index (χ3v) is 3.29. The van der Waals surface area contributed by atoms with Gasteiger partial charge in [-0.1, -0.05) is 13.2 Å². The van der Waals surface area contributed by atoms with Gasteiger partial charge in [-0.25, -0.2) is 15.0 Å². The second-order valence-corrected chi connectivity index (χ2v) is 4.39. The van der Waals surface area contributed by atoms with Crippen LogP contribution >= 0.6 is 0 Å². The van der Waals surface area contributed by atoms with Gasteiger partial charge in [0.2, 0.25) is 0 Å². The average Bonchev–Trinajstić information content (AvgIpc) is 2.74. The first-order valence-corrected chi connectivity index (χ1v) is 6.02. The molecule has 2 heterocycles. The number of nitrogens with one attached hydrogen (secondary N) is 2. The van der Waals surface area contributed by atoms with Crippen molar-refractivity contribution < 1.29 is 0 Å². The highest BCUT2D eigenvalue weighted by atomic mass is 15.5. The Hall–Kier alpha value is -2.56. The minimum absolute atomic E-state index is 0.736. The van der Waals surface area contributed by atoms with E-state index in [2.05, 4.69) is 28.9 Å². The van der Waals surface area contributed by atoms with Crippen LogP contribution in [0, 0.1) is 6.92 Å². The molecule has 1 aliphatic rings. The van der Waals surface area contributed by atoms with Crippen LogP contribution in [0.1, 0.15) is 11.3 Å². The van der Waals surface area contributed by atoms with Crippen LogP contribution in [0.4, 0.5) is 11.5 Å². The summed E-state index contributed by atoms with van der Waals surface area (Å²) in [4.78, 5) is 9.32. The zero-order chi connectivity index (χ0) is 13.6. The molecule has 0 saturated heterocycles.